The van der Waals surface area contributed by atoms with Gasteiger partial charge >= 0.3 is 0 Å². The van der Waals surface area contributed by atoms with Crippen LogP contribution in [0.2, 0.25) is 0 Å². The first kappa shape index (κ1) is 35.1. The zero-order valence-corrected chi connectivity index (χ0v) is 30.6. The molecule has 1 N–H and O–H groups in total. The minimum absolute atomic E-state index is 0.0888. The van der Waals surface area contributed by atoms with E-state index >= 15 is 9.59 Å². The average Bonchev–Trinajstić information content (AvgIpc) is 3.50. The highest BCUT2D eigenvalue weighted by Crippen LogP contribution is 2.64. The summed E-state index contributed by atoms with van der Waals surface area (Å²) in [6.45, 7) is 4.11. The number of anilines is 1. The fourth-order valence-corrected chi connectivity index (χ4v) is 9.83. The Bertz CT molecular complexity index is 2450. The Kier molecular flexibility index (Phi) is 8.73. The van der Waals surface area contributed by atoms with E-state index in [2.05, 4.69) is 6.58 Å². The molecule has 0 spiro atoms. The quantitative estimate of drug-likeness (QED) is 0.126. The first-order valence-electron chi connectivity index (χ1n) is 19.0. The number of hydrogen-bond acceptors (Lipinski definition) is 6. The SMILES string of the molecule is C=Cc1ccc(N2C(=O)C3CC=C4C(CC5C(=O)C(c6ccccc6)=CC(=O)C5(c5ccccc5)C4c4ccc(OCc5ccccc5)cc4O)C3C2=O)cc1. The Labute approximate surface area is 325 Å². The van der Waals surface area contributed by atoms with Crippen molar-refractivity contribution in [2.45, 2.75) is 30.8 Å². The molecular formula is C49H39NO6. The average molecular weight is 738 g/mol. The summed E-state index contributed by atoms with van der Waals surface area (Å²) in [5, 5.41) is 12.0. The largest absolute Gasteiger partial charge is 0.508 e. The number of Topliss-reactive ketones (excluding diaryl/α,β-unsaturated/α-hetero) is 1. The Morgan fingerprint density at radius 2 is 1.46 bits per heavy atom. The lowest BCUT2D eigenvalue weighted by Crippen LogP contribution is -2.58. The topological polar surface area (TPSA) is 101 Å². The fraction of sp³-hybridized carbons (Fsp3) is 0.184. The maximum Gasteiger partial charge on any atom is 0.238 e. The number of phenolic OH excluding ortho intramolecular Hbond substituents is 1. The number of phenols is 1. The number of ketones is 2. The Morgan fingerprint density at radius 3 is 2.14 bits per heavy atom. The van der Waals surface area contributed by atoms with Crippen molar-refractivity contribution in [3.63, 3.8) is 0 Å². The first-order valence-corrected chi connectivity index (χ1v) is 19.0. The predicted octanol–water partition coefficient (Wildman–Crippen LogP) is 8.64. The van der Waals surface area contributed by atoms with Gasteiger partial charge < -0.3 is 9.84 Å². The molecule has 1 aliphatic heterocycles. The van der Waals surface area contributed by atoms with Gasteiger partial charge in [0.2, 0.25) is 11.8 Å². The summed E-state index contributed by atoms with van der Waals surface area (Å²) < 4.78 is 6.09. The molecule has 2 amide bonds. The third-order valence-electron chi connectivity index (χ3n) is 12.3. The van der Waals surface area contributed by atoms with Gasteiger partial charge in [-0.3, -0.25) is 24.1 Å². The molecule has 0 radical (unpaired) electrons. The lowest BCUT2D eigenvalue weighted by molar-refractivity contribution is -0.135. The highest BCUT2D eigenvalue weighted by Gasteiger charge is 2.66. The first-order chi connectivity index (χ1) is 27.3. The molecule has 7 heteroatoms. The zero-order valence-electron chi connectivity index (χ0n) is 30.6. The lowest BCUT2D eigenvalue weighted by Gasteiger charge is -2.55. The molecule has 1 saturated carbocycles. The van der Waals surface area contributed by atoms with Crippen molar-refractivity contribution in [1.29, 1.82) is 0 Å². The van der Waals surface area contributed by atoms with E-state index in [-0.39, 0.29) is 42.0 Å². The van der Waals surface area contributed by atoms with Crippen molar-refractivity contribution in [3.8, 4) is 11.5 Å². The van der Waals surface area contributed by atoms with Crippen LogP contribution in [-0.4, -0.2) is 28.5 Å². The van der Waals surface area contributed by atoms with Gasteiger partial charge in [-0.05, 0) is 65.3 Å². The molecule has 1 saturated heterocycles. The van der Waals surface area contributed by atoms with Gasteiger partial charge in [0.1, 0.15) is 18.1 Å². The van der Waals surface area contributed by atoms with Crippen molar-refractivity contribution in [1.82, 2.24) is 0 Å². The fourth-order valence-electron chi connectivity index (χ4n) is 9.83. The molecule has 0 bridgehead atoms. The highest BCUT2D eigenvalue weighted by molar-refractivity contribution is 6.32. The molecule has 1 heterocycles. The van der Waals surface area contributed by atoms with Crippen LogP contribution in [0.4, 0.5) is 5.69 Å². The van der Waals surface area contributed by atoms with E-state index < -0.39 is 35.0 Å². The summed E-state index contributed by atoms with van der Waals surface area (Å²) in [6.07, 6.45) is 5.63. The summed E-state index contributed by atoms with van der Waals surface area (Å²) >= 11 is 0. The van der Waals surface area contributed by atoms with Crippen molar-refractivity contribution < 1.29 is 29.0 Å². The van der Waals surface area contributed by atoms with E-state index in [0.29, 0.717) is 40.3 Å². The molecule has 56 heavy (non-hydrogen) atoms. The van der Waals surface area contributed by atoms with Gasteiger partial charge in [0, 0.05) is 29.0 Å². The molecule has 5 aromatic carbocycles. The lowest BCUT2D eigenvalue weighted by atomic mass is 9.44. The summed E-state index contributed by atoms with van der Waals surface area (Å²) in [5.74, 6) is -4.42. The third-order valence-corrected chi connectivity index (χ3v) is 12.3. The second-order valence-electron chi connectivity index (χ2n) is 15.1. The molecule has 9 rings (SSSR count). The van der Waals surface area contributed by atoms with Crippen LogP contribution < -0.4 is 9.64 Å². The molecule has 2 fully saturated rings. The van der Waals surface area contributed by atoms with E-state index in [4.69, 9.17) is 4.74 Å². The van der Waals surface area contributed by atoms with Crippen molar-refractivity contribution >= 4 is 40.7 Å². The molecule has 6 atom stereocenters. The third kappa shape index (κ3) is 5.49. The Balaban J connectivity index is 1.21. The van der Waals surface area contributed by atoms with Crippen LogP contribution in [0, 0.1) is 23.7 Å². The number of nitrogens with zero attached hydrogens (tertiary/aromatic N) is 1. The van der Waals surface area contributed by atoms with Crippen LogP contribution >= 0.6 is 0 Å². The Morgan fingerprint density at radius 1 is 0.786 bits per heavy atom. The summed E-state index contributed by atoms with van der Waals surface area (Å²) in [5.41, 5.74) is 3.69. The van der Waals surface area contributed by atoms with Crippen LogP contribution in [0.1, 0.15) is 46.6 Å². The van der Waals surface area contributed by atoms with Gasteiger partial charge in [-0.2, -0.15) is 0 Å². The van der Waals surface area contributed by atoms with Crippen LogP contribution in [0.25, 0.3) is 11.6 Å². The molecule has 0 aromatic heterocycles. The predicted molar refractivity (Wildman–Crippen MR) is 214 cm³/mol. The number of aromatic hydroxyl groups is 1. The van der Waals surface area contributed by atoms with Crippen molar-refractivity contribution in [3.05, 3.63) is 186 Å². The normalized spacial score (nSPS) is 25.4. The van der Waals surface area contributed by atoms with Crippen molar-refractivity contribution in [2.75, 3.05) is 4.90 Å². The van der Waals surface area contributed by atoms with Gasteiger partial charge in [-0.15, -0.1) is 0 Å². The zero-order chi connectivity index (χ0) is 38.6. The van der Waals surface area contributed by atoms with Crippen LogP contribution in [0.3, 0.4) is 0 Å². The maximum absolute atomic E-state index is 15.3. The molecule has 6 unspecified atom stereocenters. The number of imide groups is 1. The smallest absolute Gasteiger partial charge is 0.238 e. The summed E-state index contributed by atoms with van der Waals surface area (Å²) in [6, 6.07) is 40.5. The number of carbonyl (C=O) groups is 4. The van der Waals surface area contributed by atoms with Crippen LogP contribution in [-0.2, 0) is 31.2 Å². The summed E-state index contributed by atoms with van der Waals surface area (Å²) in [4.78, 5) is 60.6. The van der Waals surface area contributed by atoms with E-state index in [1.54, 1.807) is 36.4 Å². The second-order valence-corrected chi connectivity index (χ2v) is 15.1. The van der Waals surface area contributed by atoms with E-state index in [0.717, 1.165) is 16.7 Å². The van der Waals surface area contributed by atoms with Gasteiger partial charge in [0.15, 0.2) is 11.6 Å². The molecule has 276 valence electrons. The number of benzene rings is 5. The van der Waals surface area contributed by atoms with Gasteiger partial charge in [0.25, 0.3) is 0 Å². The molecule has 3 aliphatic carbocycles. The van der Waals surface area contributed by atoms with E-state index in [1.807, 2.05) is 109 Å². The van der Waals surface area contributed by atoms with Gasteiger partial charge in [-0.25, -0.2) is 0 Å². The number of hydrogen-bond donors (Lipinski definition) is 1. The highest BCUT2D eigenvalue weighted by atomic mass is 16.5. The van der Waals surface area contributed by atoms with Gasteiger partial charge in [0.05, 0.1) is 22.9 Å². The van der Waals surface area contributed by atoms with Crippen molar-refractivity contribution in [2.24, 2.45) is 23.7 Å². The molecule has 5 aromatic rings. The minimum atomic E-state index is -1.46. The molecular weight excluding hydrogens is 699 g/mol. The molecule has 4 aliphatic rings. The standard InChI is InChI=1S/C49H39NO6/c1-2-30-18-20-34(21-19-30)50-47(54)38-25-24-36-40(44(38)48(50)55)27-41-46(53)39(32-14-8-4-9-15-32)28-43(52)49(41,33-16-10-5-11-17-33)45(36)37-23-22-35(26-42(37)51)56-29-31-12-6-3-7-13-31/h2-24,26,28,38,40-41,44-45,51H,1,25,27,29H2. The number of carbonyl (C=O) groups excluding carboxylic acids is 4. The van der Waals surface area contributed by atoms with E-state index in [1.165, 1.54) is 11.0 Å². The Hall–Kier alpha value is -6.60. The number of amides is 2. The van der Waals surface area contributed by atoms with Crippen LogP contribution in [0.5, 0.6) is 11.5 Å². The maximum atomic E-state index is 15.3. The minimum Gasteiger partial charge on any atom is -0.508 e. The van der Waals surface area contributed by atoms with E-state index in [9.17, 15) is 14.7 Å². The van der Waals surface area contributed by atoms with Gasteiger partial charge in [-0.1, -0.05) is 133 Å². The van der Waals surface area contributed by atoms with Crippen LogP contribution in [0.15, 0.2) is 158 Å². The number of allylic oxidation sites excluding steroid dienone is 4. The number of ether oxygens (including phenoxy) is 1. The summed E-state index contributed by atoms with van der Waals surface area (Å²) in [7, 11) is 0. The molecule has 7 nitrogen and oxygen atoms in total. The number of rotatable bonds is 8. The second kappa shape index (κ2) is 13.9. The number of fused-ring (bicyclic) bond motifs is 4. The monoisotopic (exact) mass is 737 g/mol.